The van der Waals surface area contributed by atoms with Gasteiger partial charge in [0.25, 0.3) is 0 Å². The van der Waals surface area contributed by atoms with E-state index < -0.39 is 5.97 Å². The van der Waals surface area contributed by atoms with E-state index in [9.17, 15) is 4.79 Å². The van der Waals surface area contributed by atoms with Gasteiger partial charge in [0.05, 0.1) is 12.2 Å². The molecule has 1 aliphatic heterocycles. The molecule has 0 amide bonds. The summed E-state index contributed by atoms with van der Waals surface area (Å²) < 4.78 is 5.59. The van der Waals surface area contributed by atoms with Crippen LogP contribution in [0.2, 0.25) is 5.15 Å². The Morgan fingerprint density at radius 2 is 2.35 bits per heavy atom. The zero-order chi connectivity index (χ0) is 12.6. The number of halogens is 1. The molecule has 0 atom stereocenters. The first-order valence-electron chi connectivity index (χ1n) is 5.17. The van der Waals surface area contributed by atoms with Gasteiger partial charge in [-0.1, -0.05) is 22.9 Å². The summed E-state index contributed by atoms with van der Waals surface area (Å²) in [7, 11) is 0. The molecule has 1 aromatic rings. The Morgan fingerprint density at radius 3 is 2.88 bits per heavy atom. The van der Waals surface area contributed by atoms with Crippen molar-refractivity contribution >= 4 is 34.0 Å². The summed E-state index contributed by atoms with van der Waals surface area (Å²) in [4.78, 5) is 17.1. The van der Waals surface area contributed by atoms with Gasteiger partial charge in [-0.05, 0) is 13.8 Å². The van der Waals surface area contributed by atoms with E-state index in [-0.39, 0.29) is 15.6 Å². The Balaban J connectivity index is 2.22. The summed E-state index contributed by atoms with van der Waals surface area (Å²) >= 11 is 6.89. The molecule has 7 heteroatoms. The second kappa shape index (κ2) is 4.44. The smallest absolute Gasteiger partial charge is 0.349 e. The number of ether oxygens (including phenoxy) is 1. The fourth-order valence-electron chi connectivity index (χ4n) is 1.74. The number of aromatic nitrogens is 1. The zero-order valence-electron chi connectivity index (χ0n) is 9.57. The van der Waals surface area contributed by atoms with E-state index in [0.717, 1.165) is 11.3 Å². The topological polar surface area (TPSA) is 62.7 Å². The molecule has 0 saturated carbocycles. The number of carboxylic acids is 1. The van der Waals surface area contributed by atoms with Gasteiger partial charge in [-0.2, -0.15) is 0 Å². The molecule has 1 saturated heterocycles. The third-order valence-corrected chi connectivity index (χ3v) is 3.95. The van der Waals surface area contributed by atoms with Crippen LogP contribution in [0.15, 0.2) is 0 Å². The van der Waals surface area contributed by atoms with Gasteiger partial charge < -0.3 is 14.7 Å². The molecule has 5 nitrogen and oxygen atoms in total. The highest BCUT2D eigenvalue weighted by molar-refractivity contribution is 7.18. The van der Waals surface area contributed by atoms with Crippen molar-refractivity contribution in [2.75, 3.05) is 24.6 Å². The average Bonchev–Trinajstić information content (AvgIpc) is 2.59. The van der Waals surface area contributed by atoms with Crippen molar-refractivity contribution in [2.45, 2.75) is 19.4 Å². The minimum Gasteiger partial charge on any atom is -0.477 e. The Kier molecular flexibility index (Phi) is 3.29. The number of carboxylic acid groups (broad SMARTS) is 1. The molecule has 1 aliphatic rings. The van der Waals surface area contributed by atoms with E-state index in [2.05, 4.69) is 4.98 Å². The van der Waals surface area contributed by atoms with Crippen LogP contribution in [0.1, 0.15) is 23.5 Å². The summed E-state index contributed by atoms with van der Waals surface area (Å²) in [5.41, 5.74) is -0.250. The van der Waals surface area contributed by atoms with Crippen LogP contribution in [0.4, 0.5) is 5.13 Å². The van der Waals surface area contributed by atoms with Gasteiger partial charge in [0.1, 0.15) is 0 Å². The van der Waals surface area contributed by atoms with E-state index in [0.29, 0.717) is 24.8 Å². The fraction of sp³-hybridized carbons (Fsp3) is 0.600. The van der Waals surface area contributed by atoms with Crippen LogP contribution < -0.4 is 4.90 Å². The molecular formula is C10H13ClN2O3S. The predicted octanol–water partition coefficient (Wildman–Crippen LogP) is 2.11. The molecular weight excluding hydrogens is 264 g/mol. The standard InChI is InChI=1S/C10H13ClN2O3S/c1-10(2)5-13(3-4-16-10)9-12-7(11)6(17-9)8(14)15/h3-5H2,1-2H3,(H,14,15). The number of nitrogens with zero attached hydrogens (tertiary/aromatic N) is 2. The highest BCUT2D eigenvalue weighted by Crippen LogP contribution is 2.31. The lowest BCUT2D eigenvalue weighted by Gasteiger charge is -2.37. The van der Waals surface area contributed by atoms with Crippen LogP contribution in [-0.2, 0) is 4.74 Å². The zero-order valence-corrected chi connectivity index (χ0v) is 11.1. The largest absolute Gasteiger partial charge is 0.477 e. The van der Waals surface area contributed by atoms with Gasteiger partial charge >= 0.3 is 5.97 Å². The van der Waals surface area contributed by atoms with Crippen LogP contribution >= 0.6 is 22.9 Å². The molecule has 0 spiro atoms. The third kappa shape index (κ3) is 2.70. The van der Waals surface area contributed by atoms with E-state index in [4.69, 9.17) is 21.4 Å². The van der Waals surface area contributed by atoms with Gasteiger partial charge in [0, 0.05) is 13.1 Å². The van der Waals surface area contributed by atoms with E-state index >= 15 is 0 Å². The predicted molar refractivity (Wildman–Crippen MR) is 66.3 cm³/mol. The van der Waals surface area contributed by atoms with Crippen LogP contribution in [0, 0.1) is 0 Å². The van der Waals surface area contributed by atoms with Crippen molar-refractivity contribution in [3.8, 4) is 0 Å². The molecule has 0 aliphatic carbocycles. The SMILES string of the molecule is CC1(C)CN(c2nc(Cl)c(C(=O)O)s2)CCO1. The van der Waals surface area contributed by atoms with Crippen molar-refractivity contribution in [1.82, 2.24) is 4.98 Å². The number of anilines is 1. The van der Waals surface area contributed by atoms with Crippen LogP contribution in [0.5, 0.6) is 0 Å². The molecule has 1 fully saturated rings. The number of aromatic carboxylic acids is 1. The van der Waals surface area contributed by atoms with Crippen molar-refractivity contribution < 1.29 is 14.6 Å². The minimum absolute atomic E-state index is 0.0572. The van der Waals surface area contributed by atoms with Crippen LogP contribution in [0.3, 0.4) is 0 Å². The third-order valence-electron chi connectivity index (χ3n) is 2.46. The highest BCUT2D eigenvalue weighted by Gasteiger charge is 2.30. The molecule has 94 valence electrons. The Labute approximate surface area is 108 Å². The lowest BCUT2D eigenvalue weighted by atomic mass is 10.1. The quantitative estimate of drug-likeness (QED) is 0.896. The molecule has 2 heterocycles. The van der Waals surface area contributed by atoms with Crippen molar-refractivity contribution in [2.24, 2.45) is 0 Å². The molecule has 0 aromatic carbocycles. The van der Waals surface area contributed by atoms with Crippen LogP contribution in [0.25, 0.3) is 0 Å². The minimum atomic E-state index is -1.04. The van der Waals surface area contributed by atoms with E-state index in [1.54, 1.807) is 0 Å². The summed E-state index contributed by atoms with van der Waals surface area (Å²) in [6.45, 7) is 5.97. The second-order valence-electron chi connectivity index (χ2n) is 4.45. The fourth-order valence-corrected chi connectivity index (χ4v) is 2.89. The average molecular weight is 277 g/mol. The number of hydrogen-bond acceptors (Lipinski definition) is 5. The first-order valence-corrected chi connectivity index (χ1v) is 6.37. The molecule has 2 rings (SSSR count). The summed E-state index contributed by atoms with van der Waals surface area (Å²) in [6.07, 6.45) is 0. The Morgan fingerprint density at radius 1 is 1.65 bits per heavy atom. The number of carbonyl (C=O) groups is 1. The maximum Gasteiger partial charge on any atom is 0.349 e. The van der Waals surface area contributed by atoms with Gasteiger partial charge in [0.2, 0.25) is 0 Å². The molecule has 1 aromatic heterocycles. The van der Waals surface area contributed by atoms with Gasteiger partial charge in [-0.3, -0.25) is 0 Å². The first-order chi connectivity index (χ1) is 7.89. The van der Waals surface area contributed by atoms with E-state index in [1.807, 2.05) is 18.7 Å². The maximum absolute atomic E-state index is 10.9. The summed E-state index contributed by atoms with van der Waals surface area (Å²) in [5, 5.41) is 9.62. The Bertz CT molecular complexity index is 447. The number of hydrogen-bond donors (Lipinski definition) is 1. The lowest BCUT2D eigenvalue weighted by Crippen LogP contribution is -2.48. The summed E-state index contributed by atoms with van der Waals surface area (Å²) in [5.74, 6) is -1.04. The second-order valence-corrected chi connectivity index (χ2v) is 5.79. The molecule has 0 bridgehead atoms. The summed E-state index contributed by atoms with van der Waals surface area (Å²) in [6, 6.07) is 0. The van der Waals surface area contributed by atoms with Crippen molar-refractivity contribution in [1.29, 1.82) is 0 Å². The maximum atomic E-state index is 10.9. The van der Waals surface area contributed by atoms with Crippen LogP contribution in [-0.4, -0.2) is 41.4 Å². The normalized spacial score (nSPS) is 19.4. The van der Waals surface area contributed by atoms with E-state index in [1.165, 1.54) is 0 Å². The Hall–Kier alpha value is -0.850. The highest BCUT2D eigenvalue weighted by atomic mass is 35.5. The lowest BCUT2D eigenvalue weighted by molar-refractivity contribution is -0.0277. The van der Waals surface area contributed by atoms with Crippen molar-refractivity contribution in [3.05, 3.63) is 10.0 Å². The molecule has 0 radical (unpaired) electrons. The number of morpholine rings is 1. The van der Waals surface area contributed by atoms with Crippen molar-refractivity contribution in [3.63, 3.8) is 0 Å². The number of rotatable bonds is 2. The molecule has 1 N–H and O–H groups in total. The number of thiazole rings is 1. The van der Waals surface area contributed by atoms with Gasteiger partial charge in [-0.25, -0.2) is 9.78 Å². The van der Waals surface area contributed by atoms with Gasteiger partial charge in [0.15, 0.2) is 15.2 Å². The van der Waals surface area contributed by atoms with Gasteiger partial charge in [-0.15, -0.1) is 0 Å². The molecule has 17 heavy (non-hydrogen) atoms. The monoisotopic (exact) mass is 276 g/mol. The molecule has 0 unspecified atom stereocenters. The first kappa shape index (κ1) is 12.6.